The van der Waals surface area contributed by atoms with Gasteiger partial charge in [-0.15, -0.1) is 5.10 Å². The van der Waals surface area contributed by atoms with Gasteiger partial charge in [-0.2, -0.15) is 0 Å². The van der Waals surface area contributed by atoms with Gasteiger partial charge in [0.1, 0.15) is 0 Å². The van der Waals surface area contributed by atoms with Crippen LogP contribution >= 0.6 is 0 Å². The van der Waals surface area contributed by atoms with Crippen LogP contribution in [0.5, 0.6) is 0 Å². The third kappa shape index (κ3) is 6.37. The first-order valence-corrected chi connectivity index (χ1v) is 13.3. The Balaban J connectivity index is 1.50. The van der Waals surface area contributed by atoms with Gasteiger partial charge in [-0.3, -0.25) is 0 Å². The van der Waals surface area contributed by atoms with Crippen molar-refractivity contribution >= 4 is 23.1 Å². The van der Waals surface area contributed by atoms with E-state index in [2.05, 4.69) is 68.2 Å². The largest absolute Gasteiger partial charge is 0.370 e. The van der Waals surface area contributed by atoms with E-state index in [1.807, 2.05) is 55.5 Å². The van der Waals surface area contributed by atoms with Gasteiger partial charge >= 0.3 is 6.03 Å². The zero-order valence-corrected chi connectivity index (χ0v) is 22.2. The van der Waals surface area contributed by atoms with Crippen molar-refractivity contribution in [2.75, 3.05) is 28.6 Å². The molecule has 38 heavy (non-hydrogen) atoms. The number of rotatable bonds is 10. The number of H-pyrrole nitrogens is 1. The molecule has 1 aliphatic rings. The molecule has 8 heteroatoms. The predicted molar refractivity (Wildman–Crippen MR) is 153 cm³/mol. The zero-order chi connectivity index (χ0) is 26.5. The Bertz CT molecular complexity index is 1360. The highest BCUT2D eigenvalue weighted by molar-refractivity contribution is 6.02. The maximum atomic E-state index is 13.2. The monoisotopic (exact) mass is 509 g/mol. The Kier molecular flexibility index (Phi) is 7.67. The summed E-state index contributed by atoms with van der Waals surface area (Å²) in [4.78, 5) is 15.6. The van der Waals surface area contributed by atoms with E-state index in [1.54, 1.807) is 0 Å². The summed E-state index contributed by atoms with van der Waals surface area (Å²) in [5.41, 5.74) is 6.54. The van der Waals surface area contributed by atoms with Crippen LogP contribution < -0.4 is 15.5 Å². The number of hydrogen-bond donors (Lipinski definition) is 3. The van der Waals surface area contributed by atoms with Crippen LogP contribution in [0, 0.1) is 18.8 Å². The van der Waals surface area contributed by atoms with Crippen molar-refractivity contribution in [1.29, 1.82) is 0 Å². The number of nitrogens with zero attached hydrogens (tertiary/aromatic N) is 4. The summed E-state index contributed by atoms with van der Waals surface area (Å²) in [7, 11) is 0. The number of aromatic amines is 1. The molecule has 0 saturated heterocycles. The first kappa shape index (κ1) is 25.4. The van der Waals surface area contributed by atoms with Crippen LogP contribution in [0.25, 0.3) is 22.5 Å². The maximum absolute atomic E-state index is 13.2. The zero-order valence-electron chi connectivity index (χ0n) is 22.2. The lowest BCUT2D eigenvalue weighted by Crippen LogP contribution is -2.30. The van der Waals surface area contributed by atoms with Crippen LogP contribution in [0.15, 0.2) is 66.7 Å². The number of hydrogen-bond acceptors (Lipinski definition) is 5. The Morgan fingerprint density at radius 2 is 1.79 bits per heavy atom. The highest BCUT2D eigenvalue weighted by Gasteiger charge is 2.24. The molecule has 196 valence electrons. The van der Waals surface area contributed by atoms with E-state index in [0.717, 1.165) is 58.3 Å². The van der Waals surface area contributed by atoms with Crippen LogP contribution in [-0.4, -0.2) is 39.7 Å². The van der Waals surface area contributed by atoms with E-state index in [0.29, 0.717) is 11.7 Å². The second-order valence-corrected chi connectivity index (χ2v) is 10.5. The van der Waals surface area contributed by atoms with Crippen molar-refractivity contribution in [3.63, 3.8) is 0 Å². The van der Waals surface area contributed by atoms with Crippen LogP contribution in [0.2, 0.25) is 0 Å². The molecule has 1 saturated carbocycles. The average molecular weight is 510 g/mol. The molecule has 5 rings (SSSR count). The van der Waals surface area contributed by atoms with Crippen molar-refractivity contribution in [2.45, 2.75) is 40.0 Å². The van der Waals surface area contributed by atoms with Gasteiger partial charge in [0, 0.05) is 24.3 Å². The van der Waals surface area contributed by atoms with E-state index in [4.69, 9.17) is 0 Å². The average Bonchev–Trinajstić information content (AvgIpc) is 3.58. The Labute approximate surface area is 223 Å². The lowest BCUT2D eigenvalue weighted by atomic mass is 9.98. The van der Waals surface area contributed by atoms with Gasteiger partial charge in [-0.05, 0) is 71.0 Å². The molecular formula is C30H35N7O. The number of urea groups is 1. The Morgan fingerprint density at radius 3 is 2.47 bits per heavy atom. The summed E-state index contributed by atoms with van der Waals surface area (Å²) in [5.74, 6) is 1.91. The molecule has 4 aromatic rings. The fraction of sp³-hybridized carbons (Fsp3) is 0.333. The normalized spacial score (nSPS) is 12.9. The molecule has 3 N–H and O–H groups in total. The van der Waals surface area contributed by atoms with E-state index in [1.165, 1.54) is 19.3 Å². The molecule has 1 heterocycles. The van der Waals surface area contributed by atoms with Crippen LogP contribution in [0.4, 0.5) is 21.9 Å². The summed E-state index contributed by atoms with van der Waals surface area (Å²) >= 11 is 0. The van der Waals surface area contributed by atoms with Crippen LogP contribution in [-0.2, 0) is 0 Å². The number of amides is 2. The van der Waals surface area contributed by atoms with Gasteiger partial charge in [0.25, 0.3) is 0 Å². The number of carbonyl (C=O) groups is 1. The van der Waals surface area contributed by atoms with Gasteiger partial charge < -0.3 is 15.5 Å². The molecule has 0 radical (unpaired) electrons. The smallest absolute Gasteiger partial charge is 0.323 e. The highest BCUT2D eigenvalue weighted by atomic mass is 16.2. The number of tetrazole rings is 1. The lowest BCUT2D eigenvalue weighted by Gasteiger charge is -2.29. The second-order valence-electron chi connectivity index (χ2n) is 10.5. The van der Waals surface area contributed by atoms with Crippen molar-refractivity contribution in [3.05, 3.63) is 72.3 Å². The minimum absolute atomic E-state index is 0.272. The number of nitrogens with one attached hydrogen (secondary N) is 3. The third-order valence-corrected chi connectivity index (χ3v) is 6.82. The number of benzene rings is 3. The minimum atomic E-state index is -0.272. The van der Waals surface area contributed by atoms with E-state index in [-0.39, 0.29) is 6.03 Å². The summed E-state index contributed by atoms with van der Waals surface area (Å²) in [6, 6.07) is 21.8. The summed E-state index contributed by atoms with van der Waals surface area (Å²) in [5, 5.41) is 20.6. The molecule has 1 aromatic heterocycles. The van der Waals surface area contributed by atoms with Crippen LogP contribution in [0.3, 0.4) is 0 Å². The van der Waals surface area contributed by atoms with Crippen molar-refractivity contribution in [2.24, 2.45) is 11.8 Å². The first-order valence-electron chi connectivity index (χ1n) is 13.3. The van der Waals surface area contributed by atoms with Crippen LogP contribution in [0.1, 0.15) is 38.7 Å². The van der Waals surface area contributed by atoms with Crippen molar-refractivity contribution in [1.82, 2.24) is 20.6 Å². The molecule has 0 bridgehead atoms. The molecule has 0 spiro atoms. The summed E-state index contributed by atoms with van der Waals surface area (Å²) in [6.45, 7) is 8.38. The number of aromatic nitrogens is 4. The SMILES string of the molecule is Cc1ccc(NC(=O)Nc2cc(-c3ccccc3-c3nnn[nH]3)ccc2N(CCC2CC2)CC(C)C)cc1. The van der Waals surface area contributed by atoms with Gasteiger partial charge in [0.05, 0.1) is 11.4 Å². The molecule has 0 atom stereocenters. The molecular weight excluding hydrogens is 474 g/mol. The number of carbonyl (C=O) groups excluding carboxylic acids is 1. The Hall–Kier alpha value is -4.20. The minimum Gasteiger partial charge on any atom is -0.370 e. The van der Waals surface area contributed by atoms with Gasteiger partial charge in [0.15, 0.2) is 5.82 Å². The summed E-state index contributed by atoms with van der Waals surface area (Å²) in [6.07, 6.45) is 3.82. The fourth-order valence-corrected chi connectivity index (χ4v) is 4.71. The fourth-order valence-electron chi connectivity index (χ4n) is 4.71. The number of anilines is 3. The predicted octanol–water partition coefficient (Wildman–Crippen LogP) is 6.75. The van der Waals surface area contributed by atoms with Gasteiger partial charge in [-0.25, -0.2) is 9.89 Å². The van der Waals surface area contributed by atoms with E-state index in [9.17, 15) is 4.79 Å². The van der Waals surface area contributed by atoms with Gasteiger partial charge in [0.2, 0.25) is 0 Å². The highest BCUT2D eigenvalue weighted by Crippen LogP contribution is 2.38. The first-order chi connectivity index (χ1) is 18.5. The molecule has 3 aromatic carbocycles. The van der Waals surface area contributed by atoms with E-state index < -0.39 is 0 Å². The second kappa shape index (κ2) is 11.5. The van der Waals surface area contributed by atoms with Gasteiger partial charge in [-0.1, -0.05) is 74.7 Å². The summed E-state index contributed by atoms with van der Waals surface area (Å²) < 4.78 is 0. The number of aryl methyl sites for hydroxylation is 1. The molecule has 1 fully saturated rings. The molecule has 2 amide bonds. The standard InChI is InChI=1S/C30H35N7O/c1-20(2)19-37(17-16-22-10-11-22)28-15-12-23(25-6-4-5-7-26(25)29-33-35-36-34-29)18-27(28)32-30(38)31-24-13-8-21(3)9-14-24/h4-9,12-15,18,20,22H,10-11,16-17,19H2,1-3H3,(H2,31,32,38)(H,33,34,35,36). The maximum Gasteiger partial charge on any atom is 0.323 e. The molecule has 0 unspecified atom stereocenters. The quantitative estimate of drug-likeness (QED) is 0.220. The van der Waals surface area contributed by atoms with Crippen molar-refractivity contribution < 1.29 is 4.79 Å². The molecule has 1 aliphatic carbocycles. The third-order valence-electron chi connectivity index (χ3n) is 6.82. The topological polar surface area (TPSA) is 98.8 Å². The molecule has 0 aliphatic heterocycles. The lowest BCUT2D eigenvalue weighted by molar-refractivity contribution is 0.262. The Morgan fingerprint density at radius 1 is 1.03 bits per heavy atom. The van der Waals surface area contributed by atoms with Crippen molar-refractivity contribution in [3.8, 4) is 22.5 Å². The van der Waals surface area contributed by atoms with E-state index >= 15 is 0 Å². The molecule has 8 nitrogen and oxygen atoms in total.